The molecule has 3 heteroatoms. The summed E-state index contributed by atoms with van der Waals surface area (Å²) in [5.41, 5.74) is 5.49. The molecule has 0 saturated carbocycles. The quantitative estimate of drug-likeness (QED) is 0.727. The smallest absolute Gasteiger partial charge is 0.115 e. The van der Waals surface area contributed by atoms with Crippen molar-refractivity contribution in [3.63, 3.8) is 0 Å². The molecule has 0 aliphatic rings. The number of hydrogen-bond acceptors (Lipinski definition) is 2. The molecular formula is C16H14N2O. The third kappa shape index (κ3) is 2.22. The minimum Gasteiger partial charge on any atom is -0.508 e. The highest BCUT2D eigenvalue weighted by Gasteiger charge is 2.10. The van der Waals surface area contributed by atoms with E-state index in [0.717, 1.165) is 28.1 Å². The first-order valence-corrected chi connectivity index (χ1v) is 6.13. The van der Waals surface area contributed by atoms with Crippen molar-refractivity contribution < 1.29 is 5.11 Å². The summed E-state index contributed by atoms with van der Waals surface area (Å²) >= 11 is 0. The number of benzene rings is 1. The van der Waals surface area contributed by atoms with E-state index in [4.69, 9.17) is 0 Å². The summed E-state index contributed by atoms with van der Waals surface area (Å²) in [6, 6.07) is 13.3. The summed E-state index contributed by atoms with van der Waals surface area (Å²) in [4.78, 5) is 7.43. The number of hydrogen-bond donors (Lipinski definition) is 2. The highest BCUT2D eigenvalue weighted by Crippen LogP contribution is 2.32. The predicted octanol–water partition coefficient (Wildman–Crippen LogP) is 3.76. The van der Waals surface area contributed by atoms with Crippen LogP contribution in [0.2, 0.25) is 0 Å². The molecular weight excluding hydrogens is 236 g/mol. The van der Waals surface area contributed by atoms with Gasteiger partial charge in [-0.3, -0.25) is 4.98 Å². The Morgan fingerprint density at radius 2 is 1.63 bits per heavy atom. The van der Waals surface area contributed by atoms with E-state index < -0.39 is 0 Å². The average molecular weight is 250 g/mol. The van der Waals surface area contributed by atoms with Gasteiger partial charge < -0.3 is 10.1 Å². The first-order chi connectivity index (χ1) is 9.24. The van der Waals surface area contributed by atoms with Gasteiger partial charge in [0.25, 0.3) is 0 Å². The fraction of sp³-hybridized carbons (Fsp3) is 0.0625. The molecule has 0 fully saturated rings. The van der Waals surface area contributed by atoms with E-state index in [1.54, 1.807) is 24.5 Å². The molecule has 19 heavy (non-hydrogen) atoms. The average Bonchev–Trinajstić information content (AvgIpc) is 2.83. The monoisotopic (exact) mass is 250 g/mol. The minimum absolute atomic E-state index is 0.279. The number of phenolic OH excluding ortho intramolecular Hbond substituents is 1. The van der Waals surface area contributed by atoms with Crippen molar-refractivity contribution in [2.75, 3.05) is 0 Å². The van der Waals surface area contributed by atoms with Gasteiger partial charge in [0.1, 0.15) is 5.75 Å². The third-order valence-electron chi connectivity index (χ3n) is 3.10. The maximum Gasteiger partial charge on any atom is 0.115 e. The summed E-state index contributed by atoms with van der Waals surface area (Å²) < 4.78 is 0. The molecule has 0 aliphatic carbocycles. The second kappa shape index (κ2) is 4.61. The lowest BCUT2D eigenvalue weighted by Gasteiger charge is -2.04. The number of aromatic nitrogens is 2. The van der Waals surface area contributed by atoms with E-state index >= 15 is 0 Å². The van der Waals surface area contributed by atoms with E-state index in [2.05, 4.69) is 16.0 Å². The van der Waals surface area contributed by atoms with Gasteiger partial charge in [0.15, 0.2) is 0 Å². The lowest BCUT2D eigenvalue weighted by atomic mass is 10.0. The topological polar surface area (TPSA) is 48.9 Å². The van der Waals surface area contributed by atoms with Crippen LogP contribution in [0, 0.1) is 6.92 Å². The number of nitrogens with one attached hydrogen (secondary N) is 1. The van der Waals surface area contributed by atoms with Gasteiger partial charge in [-0.15, -0.1) is 0 Å². The first kappa shape index (κ1) is 11.5. The van der Waals surface area contributed by atoms with E-state index in [1.165, 1.54) is 0 Å². The van der Waals surface area contributed by atoms with Crippen LogP contribution in [-0.4, -0.2) is 15.1 Å². The van der Waals surface area contributed by atoms with Crippen molar-refractivity contribution in [1.29, 1.82) is 0 Å². The van der Waals surface area contributed by atoms with Gasteiger partial charge in [0.05, 0.1) is 5.69 Å². The van der Waals surface area contributed by atoms with Gasteiger partial charge >= 0.3 is 0 Å². The van der Waals surface area contributed by atoms with Gasteiger partial charge in [0, 0.05) is 29.2 Å². The Labute approximate surface area is 111 Å². The third-order valence-corrected chi connectivity index (χ3v) is 3.10. The van der Waals surface area contributed by atoms with Gasteiger partial charge in [-0.2, -0.15) is 0 Å². The Morgan fingerprint density at radius 3 is 2.32 bits per heavy atom. The molecule has 0 bridgehead atoms. The predicted molar refractivity (Wildman–Crippen MR) is 75.9 cm³/mol. The maximum atomic E-state index is 9.38. The molecule has 2 N–H and O–H groups in total. The summed E-state index contributed by atoms with van der Waals surface area (Å²) in [5.74, 6) is 0.279. The number of rotatable bonds is 2. The van der Waals surface area contributed by atoms with Crippen LogP contribution in [-0.2, 0) is 0 Å². The molecule has 2 aromatic heterocycles. The van der Waals surface area contributed by atoms with Crippen LogP contribution in [0.3, 0.4) is 0 Å². The van der Waals surface area contributed by atoms with E-state index in [9.17, 15) is 5.11 Å². The molecule has 0 radical (unpaired) electrons. The van der Waals surface area contributed by atoms with Gasteiger partial charge in [-0.25, -0.2) is 0 Å². The summed E-state index contributed by atoms with van der Waals surface area (Å²) in [6.45, 7) is 2.04. The first-order valence-electron chi connectivity index (χ1n) is 6.13. The van der Waals surface area contributed by atoms with Crippen molar-refractivity contribution in [2.45, 2.75) is 6.92 Å². The number of nitrogens with zero attached hydrogens (tertiary/aromatic N) is 1. The molecule has 3 nitrogen and oxygen atoms in total. The number of aromatic hydroxyl groups is 1. The number of H-pyrrole nitrogens is 1. The molecule has 0 unspecified atom stereocenters. The molecule has 0 aliphatic heterocycles. The Kier molecular flexibility index (Phi) is 2.80. The number of aryl methyl sites for hydroxylation is 1. The van der Waals surface area contributed by atoms with Crippen LogP contribution in [0.15, 0.2) is 54.9 Å². The molecule has 3 aromatic rings. The molecule has 0 amide bonds. The highest BCUT2D eigenvalue weighted by molar-refractivity contribution is 5.81. The largest absolute Gasteiger partial charge is 0.508 e. The normalized spacial score (nSPS) is 10.6. The SMILES string of the molecule is Cc1cc(-c2ccc(O)cc2)c(-c2ccncc2)[nH]1. The fourth-order valence-electron chi connectivity index (χ4n) is 2.20. The van der Waals surface area contributed by atoms with Crippen LogP contribution in [0.1, 0.15) is 5.69 Å². The minimum atomic E-state index is 0.279. The van der Waals surface area contributed by atoms with Crippen molar-refractivity contribution in [1.82, 2.24) is 9.97 Å². The Bertz CT molecular complexity index is 685. The van der Waals surface area contributed by atoms with Crippen molar-refractivity contribution in [2.24, 2.45) is 0 Å². The maximum absolute atomic E-state index is 9.38. The van der Waals surface area contributed by atoms with Crippen LogP contribution >= 0.6 is 0 Å². The summed E-state index contributed by atoms with van der Waals surface area (Å²) in [7, 11) is 0. The van der Waals surface area contributed by atoms with E-state index in [-0.39, 0.29) is 5.75 Å². The molecule has 2 heterocycles. The number of phenols is 1. The second-order valence-electron chi connectivity index (χ2n) is 4.52. The Hall–Kier alpha value is -2.55. The lowest BCUT2D eigenvalue weighted by Crippen LogP contribution is -1.83. The molecule has 0 spiro atoms. The second-order valence-corrected chi connectivity index (χ2v) is 4.52. The Morgan fingerprint density at radius 1 is 0.947 bits per heavy atom. The fourth-order valence-corrected chi connectivity index (χ4v) is 2.20. The summed E-state index contributed by atoms with van der Waals surface area (Å²) in [6.07, 6.45) is 3.57. The standard InChI is InChI=1S/C16H14N2O/c1-11-10-15(12-2-4-14(19)5-3-12)16(18-11)13-6-8-17-9-7-13/h2-10,18-19H,1H3. The van der Waals surface area contributed by atoms with Crippen molar-refractivity contribution in [3.8, 4) is 28.1 Å². The number of aromatic amines is 1. The zero-order chi connectivity index (χ0) is 13.2. The zero-order valence-electron chi connectivity index (χ0n) is 10.6. The molecule has 94 valence electrons. The number of pyridine rings is 1. The Balaban J connectivity index is 2.15. The van der Waals surface area contributed by atoms with Gasteiger partial charge in [-0.05, 0) is 42.8 Å². The molecule has 1 aromatic carbocycles. The van der Waals surface area contributed by atoms with Crippen LogP contribution in [0.4, 0.5) is 0 Å². The summed E-state index contributed by atoms with van der Waals surface area (Å²) in [5, 5.41) is 9.38. The van der Waals surface area contributed by atoms with Crippen LogP contribution in [0.5, 0.6) is 5.75 Å². The molecule has 0 saturated heterocycles. The lowest BCUT2D eigenvalue weighted by molar-refractivity contribution is 0.475. The molecule has 3 rings (SSSR count). The molecule has 0 atom stereocenters. The van der Waals surface area contributed by atoms with Crippen molar-refractivity contribution in [3.05, 3.63) is 60.6 Å². The van der Waals surface area contributed by atoms with Gasteiger partial charge in [-0.1, -0.05) is 12.1 Å². The van der Waals surface area contributed by atoms with Crippen LogP contribution < -0.4 is 0 Å². The van der Waals surface area contributed by atoms with E-state index in [0.29, 0.717) is 0 Å². The zero-order valence-corrected chi connectivity index (χ0v) is 10.6. The van der Waals surface area contributed by atoms with Crippen molar-refractivity contribution >= 4 is 0 Å². The van der Waals surface area contributed by atoms with Gasteiger partial charge in [0.2, 0.25) is 0 Å². The van der Waals surface area contributed by atoms with Crippen LogP contribution in [0.25, 0.3) is 22.4 Å². The highest BCUT2D eigenvalue weighted by atomic mass is 16.3. The van der Waals surface area contributed by atoms with E-state index in [1.807, 2.05) is 31.2 Å².